The molecule has 0 spiro atoms. The summed E-state index contributed by atoms with van der Waals surface area (Å²) in [6.07, 6.45) is 11.6. The van der Waals surface area contributed by atoms with Crippen LogP contribution >= 0.6 is 0 Å². The topological polar surface area (TPSA) is 87.2 Å². The molecule has 0 saturated heterocycles. The zero-order chi connectivity index (χ0) is 39.6. The van der Waals surface area contributed by atoms with E-state index in [2.05, 4.69) is 143 Å². The highest BCUT2D eigenvalue weighted by molar-refractivity contribution is 6.23. The van der Waals surface area contributed by atoms with Gasteiger partial charge in [-0.2, -0.15) is 0 Å². The molecule has 0 aliphatic carbocycles. The summed E-state index contributed by atoms with van der Waals surface area (Å²) in [5.74, 6) is 1.72. The van der Waals surface area contributed by atoms with Crippen LogP contribution in [0, 0.1) is 0 Å². The Kier molecular flexibility index (Phi) is 7.67. The quantitative estimate of drug-likeness (QED) is 0.124. The maximum absolute atomic E-state index is 5.33. The van der Waals surface area contributed by atoms with Gasteiger partial charge in [0.25, 0.3) is 0 Å². The van der Waals surface area contributed by atoms with Crippen LogP contribution in [0.15, 0.2) is 183 Å². The highest BCUT2D eigenvalue weighted by Gasteiger charge is 2.22. The average molecular weight is 769 g/mol. The average Bonchev–Trinajstić information content (AvgIpc) is 3.94. The molecule has 0 amide bonds. The second kappa shape index (κ2) is 13.6. The second-order valence-electron chi connectivity index (χ2n) is 14.8. The Hall–Kier alpha value is -8.36. The number of imidazole rings is 2. The summed E-state index contributed by atoms with van der Waals surface area (Å²) in [7, 11) is 0. The molecular formula is C52H32N8. The van der Waals surface area contributed by atoms with E-state index in [1.54, 1.807) is 0 Å². The van der Waals surface area contributed by atoms with E-state index in [0.717, 1.165) is 111 Å². The van der Waals surface area contributed by atoms with Crippen molar-refractivity contribution in [3.63, 3.8) is 0 Å². The van der Waals surface area contributed by atoms with Gasteiger partial charge in [-0.1, -0.05) is 97.1 Å². The van der Waals surface area contributed by atoms with Gasteiger partial charge < -0.3 is 0 Å². The van der Waals surface area contributed by atoms with Gasteiger partial charge in [-0.05, 0) is 83.9 Å². The van der Waals surface area contributed by atoms with Crippen molar-refractivity contribution in [2.24, 2.45) is 0 Å². The Morgan fingerprint density at radius 2 is 0.667 bits per heavy atom. The van der Waals surface area contributed by atoms with Gasteiger partial charge in [0, 0.05) is 68.8 Å². The molecule has 6 aromatic heterocycles. The number of rotatable bonds is 6. The van der Waals surface area contributed by atoms with E-state index >= 15 is 0 Å². The van der Waals surface area contributed by atoms with E-state index in [0.29, 0.717) is 0 Å². The first-order chi connectivity index (χ1) is 29.8. The Morgan fingerprint density at radius 1 is 0.317 bits per heavy atom. The van der Waals surface area contributed by atoms with E-state index < -0.39 is 0 Å². The first-order valence-corrected chi connectivity index (χ1v) is 19.9. The molecule has 8 nitrogen and oxygen atoms in total. The molecule has 60 heavy (non-hydrogen) atoms. The number of aromatic nitrogens is 8. The molecule has 0 saturated carbocycles. The van der Waals surface area contributed by atoms with Crippen LogP contribution in [0.3, 0.4) is 0 Å². The molecule has 6 heterocycles. The first kappa shape index (κ1) is 33.7. The first-order valence-electron chi connectivity index (χ1n) is 19.9. The summed E-state index contributed by atoms with van der Waals surface area (Å²) in [4.78, 5) is 29.7. The Labute approximate surface area is 343 Å². The zero-order valence-corrected chi connectivity index (χ0v) is 32.1. The monoisotopic (exact) mass is 768 g/mol. The smallest absolute Gasteiger partial charge is 0.145 e. The standard InChI is InChI=1S/C52H32N8/c1-3-11-37(12-4-1)59-49-41-17-9-31-55-45(41)43-39(15-7-29-53-43)47(49)57-51(59)35-25-21-33(22-26-35)19-20-34-23-27-36(28-24-34)52-58-48-40-16-8-30-54-44(40)46-42(18-10-32-56-46)50(48)60(52)38-13-5-2-6-14-38/h1-32H/b20-19+. The SMILES string of the molecule is C(=C\c1ccc(-c2nc3c4cccnc4c4ncccc4c3n2-c2ccccc2)cc1)/c1ccc(-c2nc3c4cccnc4c4ncccc4c3n2-c2ccccc2)cc1. The van der Waals surface area contributed by atoms with E-state index in [9.17, 15) is 0 Å². The number of hydrogen-bond acceptors (Lipinski definition) is 6. The van der Waals surface area contributed by atoms with E-state index in [1.807, 2.05) is 61.2 Å². The van der Waals surface area contributed by atoms with Crippen LogP contribution in [-0.4, -0.2) is 39.0 Å². The fraction of sp³-hybridized carbons (Fsp3) is 0. The molecule has 6 aromatic carbocycles. The lowest BCUT2D eigenvalue weighted by Crippen LogP contribution is -1.98. The Balaban J connectivity index is 0.919. The highest BCUT2D eigenvalue weighted by atomic mass is 15.1. The van der Waals surface area contributed by atoms with Crippen LogP contribution in [0.5, 0.6) is 0 Å². The van der Waals surface area contributed by atoms with E-state index in [-0.39, 0.29) is 0 Å². The van der Waals surface area contributed by atoms with Gasteiger partial charge >= 0.3 is 0 Å². The molecule has 0 bridgehead atoms. The molecule has 0 aliphatic heterocycles. The minimum absolute atomic E-state index is 0.852. The van der Waals surface area contributed by atoms with Gasteiger partial charge in [0.15, 0.2) is 0 Å². The largest absolute Gasteiger partial charge is 0.292 e. The summed E-state index contributed by atoms with van der Waals surface area (Å²) < 4.78 is 4.51. The normalized spacial score (nSPS) is 11.9. The lowest BCUT2D eigenvalue weighted by Gasteiger charge is -2.12. The fourth-order valence-electron chi connectivity index (χ4n) is 8.58. The number of pyridine rings is 4. The van der Waals surface area contributed by atoms with Crippen LogP contribution < -0.4 is 0 Å². The van der Waals surface area contributed by atoms with Gasteiger partial charge in [0.05, 0.1) is 44.1 Å². The molecule has 0 unspecified atom stereocenters. The highest BCUT2D eigenvalue weighted by Crippen LogP contribution is 2.39. The number of benzene rings is 6. The second-order valence-corrected chi connectivity index (χ2v) is 14.8. The summed E-state index contributed by atoms with van der Waals surface area (Å²) in [5.41, 5.74) is 13.5. The predicted octanol–water partition coefficient (Wildman–Crippen LogP) is 12.1. The maximum atomic E-state index is 5.33. The third-order valence-electron chi connectivity index (χ3n) is 11.3. The third kappa shape index (κ3) is 5.32. The summed E-state index contributed by atoms with van der Waals surface area (Å²) in [6.45, 7) is 0. The number of fused-ring (bicyclic) bond motifs is 12. The van der Waals surface area contributed by atoms with Crippen molar-refractivity contribution in [3.8, 4) is 34.2 Å². The summed E-state index contributed by atoms with van der Waals surface area (Å²) in [5, 5.41) is 3.99. The molecule has 0 atom stereocenters. The van der Waals surface area contributed by atoms with Crippen LogP contribution in [0.1, 0.15) is 11.1 Å². The van der Waals surface area contributed by atoms with Crippen molar-refractivity contribution >= 4 is 77.8 Å². The molecule has 0 aliphatic rings. The van der Waals surface area contributed by atoms with Crippen molar-refractivity contribution in [1.29, 1.82) is 0 Å². The minimum atomic E-state index is 0.852. The number of hydrogen-bond donors (Lipinski definition) is 0. The van der Waals surface area contributed by atoms with Gasteiger partial charge in [-0.15, -0.1) is 0 Å². The van der Waals surface area contributed by atoms with Crippen LogP contribution in [0.2, 0.25) is 0 Å². The molecule has 8 heteroatoms. The van der Waals surface area contributed by atoms with Crippen molar-refractivity contribution in [2.45, 2.75) is 0 Å². The predicted molar refractivity (Wildman–Crippen MR) is 243 cm³/mol. The minimum Gasteiger partial charge on any atom is -0.292 e. The van der Waals surface area contributed by atoms with Crippen LogP contribution in [-0.2, 0) is 0 Å². The van der Waals surface area contributed by atoms with Crippen LogP contribution in [0.4, 0.5) is 0 Å². The van der Waals surface area contributed by atoms with Crippen LogP contribution in [0.25, 0.3) is 112 Å². The number of nitrogens with zero attached hydrogens (tertiary/aromatic N) is 8. The molecule has 12 aromatic rings. The van der Waals surface area contributed by atoms with Gasteiger partial charge in [0.2, 0.25) is 0 Å². The van der Waals surface area contributed by atoms with E-state index in [1.165, 1.54) is 0 Å². The Morgan fingerprint density at radius 3 is 1.05 bits per heavy atom. The molecular weight excluding hydrogens is 737 g/mol. The van der Waals surface area contributed by atoms with Crippen molar-refractivity contribution < 1.29 is 0 Å². The van der Waals surface area contributed by atoms with Gasteiger partial charge in [-0.25, -0.2) is 9.97 Å². The van der Waals surface area contributed by atoms with Crippen molar-refractivity contribution in [1.82, 2.24) is 39.0 Å². The Bertz CT molecular complexity index is 3390. The fourth-order valence-corrected chi connectivity index (χ4v) is 8.58. The molecule has 12 rings (SSSR count). The van der Waals surface area contributed by atoms with Gasteiger partial charge in [0.1, 0.15) is 11.6 Å². The van der Waals surface area contributed by atoms with Crippen molar-refractivity contribution in [2.75, 3.05) is 0 Å². The molecule has 280 valence electrons. The molecule has 0 fully saturated rings. The van der Waals surface area contributed by atoms with E-state index in [4.69, 9.17) is 29.9 Å². The van der Waals surface area contributed by atoms with Crippen molar-refractivity contribution in [3.05, 3.63) is 194 Å². The maximum Gasteiger partial charge on any atom is 0.145 e. The molecule has 0 radical (unpaired) electrons. The zero-order valence-electron chi connectivity index (χ0n) is 32.1. The lowest BCUT2D eigenvalue weighted by molar-refractivity contribution is 1.11. The number of para-hydroxylation sites is 2. The summed E-state index contributed by atoms with van der Waals surface area (Å²) >= 11 is 0. The molecule has 0 N–H and O–H groups in total. The lowest BCUT2D eigenvalue weighted by atomic mass is 10.1. The van der Waals surface area contributed by atoms with Gasteiger partial charge in [-0.3, -0.25) is 29.1 Å². The third-order valence-corrected chi connectivity index (χ3v) is 11.3. The summed E-state index contributed by atoms with van der Waals surface area (Å²) in [6, 6.07) is 54.3.